The number of hydrogen-bond donors (Lipinski definition) is 0. The highest BCUT2D eigenvalue weighted by molar-refractivity contribution is 5.85. The van der Waals surface area contributed by atoms with Gasteiger partial charge in [-0.25, -0.2) is 4.98 Å². The van der Waals surface area contributed by atoms with Gasteiger partial charge in [0.05, 0.1) is 5.52 Å². The molecule has 0 bridgehead atoms. The summed E-state index contributed by atoms with van der Waals surface area (Å²) >= 11 is 0. The van der Waals surface area contributed by atoms with E-state index in [2.05, 4.69) is 40.3 Å². The van der Waals surface area contributed by atoms with Crippen LogP contribution >= 0.6 is 0 Å². The van der Waals surface area contributed by atoms with Crippen molar-refractivity contribution >= 4 is 21.7 Å². The highest BCUT2D eigenvalue weighted by Gasteiger charge is 2.03. The fraction of sp³-hybridized carbons (Fsp3) is 0.0526. The molecule has 0 aliphatic rings. The first-order valence-corrected chi connectivity index (χ1v) is 7.20. The Balaban J connectivity index is 1.63. The van der Waals surface area contributed by atoms with E-state index in [4.69, 9.17) is 4.74 Å². The average Bonchev–Trinajstić information content (AvgIpc) is 2.60. The molecule has 4 aromatic rings. The van der Waals surface area contributed by atoms with Gasteiger partial charge in [-0.1, -0.05) is 42.5 Å². The fourth-order valence-electron chi connectivity index (χ4n) is 2.60. The summed E-state index contributed by atoms with van der Waals surface area (Å²) in [7, 11) is 0. The molecule has 0 spiro atoms. The van der Waals surface area contributed by atoms with Crippen LogP contribution in [-0.4, -0.2) is 9.97 Å². The summed E-state index contributed by atoms with van der Waals surface area (Å²) in [5.74, 6) is 0.631. The minimum absolute atomic E-state index is 0.505. The largest absolute Gasteiger partial charge is 0.473 e. The zero-order chi connectivity index (χ0) is 14.8. The van der Waals surface area contributed by atoms with E-state index in [-0.39, 0.29) is 0 Å². The number of pyridine rings is 2. The molecule has 2 aromatic heterocycles. The molecule has 0 saturated heterocycles. The van der Waals surface area contributed by atoms with Gasteiger partial charge in [0.1, 0.15) is 6.61 Å². The third-order valence-electron chi connectivity index (χ3n) is 3.72. The second kappa shape index (κ2) is 5.45. The SMILES string of the molecule is c1ccc2c(COc3ccc4cnccc4n3)cccc2c1. The number of fused-ring (bicyclic) bond motifs is 2. The molecule has 0 fully saturated rings. The predicted molar refractivity (Wildman–Crippen MR) is 87.8 cm³/mol. The van der Waals surface area contributed by atoms with Crippen molar-refractivity contribution in [2.75, 3.05) is 0 Å². The van der Waals surface area contributed by atoms with E-state index in [1.807, 2.05) is 30.3 Å². The Morgan fingerprint density at radius 3 is 2.73 bits per heavy atom. The second-order valence-electron chi connectivity index (χ2n) is 5.14. The van der Waals surface area contributed by atoms with Crippen molar-refractivity contribution in [1.29, 1.82) is 0 Å². The maximum absolute atomic E-state index is 5.88. The molecule has 2 heterocycles. The summed E-state index contributed by atoms with van der Waals surface area (Å²) in [6, 6.07) is 20.3. The zero-order valence-electron chi connectivity index (χ0n) is 11.9. The summed E-state index contributed by atoms with van der Waals surface area (Å²) in [6.07, 6.45) is 3.54. The Morgan fingerprint density at radius 1 is 0.818 bits per heavy atom. The van der Waals surface area contributed by atoms with Gasteiger partial charge in [-0.15, -0.1) is 0 Å². The van der Waals surface area contributed by atoms with Crippen molar-refractivity contribution in [3.05, 3.63) is 78.6 Å². The van der Waals surface area contributed by atoms with E-state index in [1.54, 1.807) is 12.4 Å². The second-order valence-corrected chi connectivity index (χ2v) is 5.14. The van der Waals surface area contributed by atoms with Crippen LogP contribution in [0.2, 0.25) is 0 Å². The molecule has 0 atom stereocenters. The van der Waals surface area contributed by atoms with Crippen LogP contribution in [0.5, 0.6) is 5.88 Å². The molecule has 0 amide bonds. The van der Waals surface area contributed by atoms with E-state index >= 15 is 0 Å². The molecule has 0 radical (unpaired) electrons. The number of rotatable bonds is 3. The quantitative estimate of drug-likeness (QED) is 0.561. The maximum atomic E-state index is 5.88. The van der Waals surface area contributed by atoms with Crippen LogP contribution in [0.15, 0.2) is 73.1 Å². The zero-order valence-corrected chi connectivity index (χ0v) is 11.9. The summed E-state index contributed by atoms with van der Waals surface area (Å²) in [5, 5.41) is 3.45. The molecule has 0 saturated carbocycles. The lowest BCUT2D eigenvalue weighted by atomic mass is 10.1. The third kappa shape index (κ3) is 2.37. The van der Waals surface area contributed by atoms with Gasteiger partial charge in [0.25, 0.3) is 0 Å². The van der Waals surface area contributed by atoms with Crippen LogP contribution in [-0.2, 0) is 6.61 Å². The van der Waals surface area contributed by atoms with Gasteiger partial charge in [0, 0.05) is 23.8 Å². The van der Waals surface area contributed by atoms with Gasteiger partial charge in [-0.05, 0) is 28.5 Å². The van der Waals surface area contributed by atoms with Gasteiger partial charge in [-0.2, -0.15) is 0 Å². The average molecular weight is 286 g/mol. The highest BCUT2D eigenvalue weighted by atomic mass is 16.5. The van der Waals surface area contributed by atoms with E-state index in [9.17, 15) is 0 Å². The molecule has 3 nitrogen and oxygen atoms in total. The predicted octanol–water partition coefficient (Wildman–Crippen LogP) is 4.36. The van der Waals surface area contributed by atoms with Crippen LogP contribution in [0.1, 0.15) is 5.56 Å². The Bertz CT molecular complexity index is 944. The minimum atomic E-state index is 0.505. The number of benzene rings is 2. The van der Waals surface area contributed by atoms with Crippen molar-refractivity contribution in [2.24, 2.45) is 0 Å². The molecule has 22 heavy (non-hydrogen) atoms. The van der Waals surface area contributed by atoms with Crippen molar-refractivity contribution in [1.82, 2.24) is 9.97 Å². The van der Waals surface area contributed by atoms with Crippen LogP contribution in [0.25, 0.3) is 21.7 Å². The molecule has 0 aliphatic carbocycles. The summed E-state index contributed by atoms with van der Waals surface area (Å²) < 4.78 is 5.88. The van der Waals surface area contributed by atoms with Crippen molar-refractivity contribution < 1.29 is 4.74 Å². The van der Waals surface area contributed by atoms with Crippen LogP contribution in [0.3, 0.4) is 0 Å². The Hall–Kier alpha value is -2.94. The number of hydrogen-bond acceptors (Lipinski definition) is 3. The van der Waals surface area contributed by atoms with Crippen molar-refractivity contribution in [3.8, 4) is 5.88 Å². The first-order chi connectivity index (χ1) is 10.9. The first-order valence-electron chi connectivity index (χ1n) is 7.20. The van der Waals surface area contributed by atoms with Gasteiger partial charge in [-0.3, -0.25) is 4.98 Å². The van der Waals surface area contributed by atoms with Crippen LogP contribution < -0.4 is 4.74 Å². The number of ether oxygens (including phenoxy) is 1. The van der Waals surface area contributed by atoms with E-state index < -0.39 is 0 Å². The summed E-state index contributed by atoms with van der Waals surface area (Å²) in [4.78, 5) is 8.60. The van der Waals surface area contributed by atoms with Gasteiger partial charge < -0.3 is 4.74 Å². The Labute approximate surface area is 128 Å². The van der Waals surface area contributed by atoms with Crippen LogP contribution in [0, 0.1) is 0 Å². The molecule has 3 heteroatoms. The van der Waals surface area contributed by atoms with E-state index in [0.29, 0.717) is 12.5 Å². The highest BCUT2D eigenvalue weighted by Crippen LogP contribution is 2.21. The standard InChI is InChI=1S/C19H14N2O/c1-2-7-17-14(4-1)5-3-6-16(17)13-22-19-9-8-15-12-20-11-10-18(15)21-19/h1-12H,13H2. The first kappa shape index (κ1) is 12.8. The lowest BCUT2D eigenvalue weighted by molar-refractivity contribution is 0.296. The molecular formula is C19H14N2O. The monoisotopic (exact) mass is 286 g/mol. The molecule has 106 valence electrons. The molecule has 2 aromatic carbocycles. The lowest BCUT2D eigenvalue weighted by Gasteiger charge is -2.09. The van der Waals surface area contributed by atoms with E-state index in [0.717, 1.165) is 16.5 Å². The topological polar surface area (TPSA) is 35.0 Å². The van der Waals surface area contributed by atoms with Gasteiger partial charge in [0.2, 0.25) is 5.88 Å². The van der Waals surface area contributed by atoms with Gasteiger partial charge >= 0.3 is 0 Å². The van der Waals surface area contributed by atoms with Crippen molar-refractivity contribution in [3.63, 3.8) is 0 Å². The maximum Gasteiger partial charge on any atom is 0.214 e. The normalized spacial score (nSPS) is 10.9. The number of aromatic nitrogens is 2. The molecular weight excluding hydrogens is 272 g/mol. The van der Waals surface area contributed by atoms with Gasteiger partial charge in [0.15, 0.2) is 0 Å². The Kier molecular flexibility index (Phi) is 3.16. The Morgan fingerprint density at radius 2 is 1.73 bits per heavy atom. The lowest BCUT2D eigenvalue weighted by Crippen LogP contribution is -1.98. The number of nitrogens with zero attached hydrogens (tertiary/aromatic N) is 2. The van der Waals surface area contributed by atoms with Crippen LogP contribution in [0.4, 0.5) is 0 Å². The molecule has 0 aliphatic heterocycles. The minimum Gasteiger partial charge on any atom is -0.473 e. The molecule has 4 rings (SSSR count). The van der Waals surface area contributed by atoms with E-state index in [1.165, 1.54) is 10.8 Å². The summed E-state index contributed by atoms with van der Waals surface area (Å²) in [5.41, 5.74) is 2.06. The fourth-order valence-corrected chi connectivity index (χ4v) is 2.60. The third-order valence-corrected chi connectivity index (χ3v) is 3.72. The molecule has 0 N–H and O–H groups in total. The smallest absolute Gasteiger partial charge is 0.214 e. The summed E-state index contributed by atoms with van der Waals surface area (Å²) in [6.45, 7) is 0.505. The van der Waals surface area contributed by atoms with Crippen molar-refractivity contribution in [2.45, 2.75) is 6.61 Å². The molecule has 0 unspecified atom stereocenters.